The third-order valence-electron chi connectivity index (χ3n) is 6.05. The van der Waals surface area contributed by atoms with Gasteiger partial charge in [0.25, 0.3) is 0 Å². The van der Waals surface area contributed by atoms with Crippen LogP contribution in [0.25, 0.3) is 11.2 Å². The highest BCUT2D eigenvalue weighted by Gasteiger charge is 2.24. The summed E-state index contributed by atoms with van der Waals surface area (Å²) in [6.07, 6.45) is 7.99. The molecule has 0 unspecified atom stereocenters. The predicted octanol–water partition coefficient (Wildman–Crippen LogP) is 3.10. The Morgan fingerprint density at radius 3 is 2.68 bits per heavy atom. The molecule has 0 aliphatic carbocycles. The number of pyridine rings is 1. The summed E-state index contributed by atoms with van der Waals surface area (Å²) in [5, 5.41) is 15.4. The van der Waals surface area contributed by atoms with E-state index in [1.807, 2.05) is 16.9 Å². The van der Waals surface area contributed by atoms with Gasteiger partial charge in [-0.3, -0.25) is 0 Å². The van der Waals surface area contributed by atoms with Crippen LogP contribution in [0.5, 0.6) is 0 Å². The summed E-state index contributed by atoms with van der Waals surface area (Å²) in [4.78, 5) is 8.82. The van der Waals surface area contributed by atoms with Crippen molar-refractivity contribution in [3.63, 3.8) is 0 Å². The molecule has 1 fully saturated rings. The van der Waals surface area contributed by atoms with Crippen molar-refractivity contribution >= 4 is 22.7 Å². The molecule has 1 aliphatic heterocycles. The van der Waals surface area contributed by atoms with Crippen LogP contribution < -0.4 is 10.6 Å². The number of nitrogens with one attached hydrogen (secondary N) is 2. The van der Waals surface area contributed by atoms with Gasteiger partial charge >= 0.3 is 0 Å². The SMILES string of the molecule is Cc1cc(Nc2ncnn3ccc(C4CNC4)c23)ccc1Cc1ccn2ncnc2c1. The molecule has 6 rings (SSSR count). The van der Waals surface area contributed by atoms with Crippen molar-refractivity contribution in [1.29, 1.82) is 0 Å². The molecule has 1 saturated heterocycles. The molecule has 0 atom stereocenters. The molecule has 154 valence electrons. The molecule has 0 saturated carbocycles. The Morgan fingerprint density at radius 2 is 1.84 bits per heavy atom. The number of anilines is 2. The molecule has 0 amide bonds. The van der Waals surface area contributed by atoms with Gasteiger partial charge in [0.15, 0.2) is 11.5 Å². The minimum atomic E-state index is 0.517. The van der Waals surface area contributed by atoms with Gasteiger partial charge in [-0.15, -0.1) is 0 Å². The maximum atomic E-state index is 4.54. The van der Waals surface area contributed by atoms with E-state index in [2.05, 4.69) is 74.1 Å². The predicted molar refractivity (Wildman–Crippen MR) is 119 cm³/mol. The molecule has 0 spiro atoms. The second kappa shape index (κ2) is 7.17. The summed E-state index contributed by atoms with van der Waals surface area (Å²) >= 11 is 0. The monoisotopic (exact) mass is 410 g/mol. The van der Waals surface area contributed by atoms with Crippen LogP contribution in [0.1, 0.15) is 28.2 Å². The second-order valence-corrected chi connectivity index (χ2v) is 8.07. The smallest absolute Gasteiger partial charge is 0.158 e. The van der Waals surface area contributed by atoms with Crippen molar-refractivity contribution in [2.75, 3.05) is 18.4 Å². The Morgan fingerprint density at radius 1 is 1.00 bits per heavy atom. The first-order valence-corrected chi connectivity index (χ1v) is 10.4. The lowest BCUT2D eigenvalue weighted by Gasteiger charge is -2.27. The molecule has 31 heavy (non-hydrogen) atoms. The Bertz CT molecular complexity index is 1400. The van der Waals surface area contributed by atoms with Crippen LogP contribution in [0.4, 0.5) is 11.5 Å². The highest BCUT2D eigenvalue weighted by molar-refractivity contribution is 5.77. The zero-order chi connectivity index (χ0) is 20.8. The van der Waals surface area contributed by atoms with E-state index in [1.165, 1.54) is 22.3 Å². The molecule has 8 heteroatoms. The number of aromatic nitrogens is 6. The maximum Gasteiger partial charge on any atom is 0.158 e. The van der Waals surface area contributed by atoms with Crippen molar-refractivity contribution < 1.29 is 0 Å². The van der Waals surface area contributed by atoms with E-state index in [-0.39, 0.29) is 0 Å². The molecule has 1 aromatic carbocycles. The van der Waals surface area contributed by atoms with Gasteiger partial charge in [-0.2, -0.15) is 10.2 Å². The van der Waals surface area contributed by atoms with E-state index in [9.17, 15) is 0 Å². The second-order valence-electron chi connectivity index (χ2n) is 8.07. The van der Waals surface area contributed by atoms with Gasteiger partial charge in [0.1, 0.15) is 18.2 Å². The standard InChI is InChI=1S/C23H22N8/c1-15-8-19(3-2-17(15)9-16-4-6-30-21(10-16)25-13-27-30)29-23-22-20(18-11-24-12-18)5-7-31(22)28-14-26-23/h2-8,10,13-14,18,24H,9,11-12H2,1H3,(H,26,28,29). The van der Waals surface area contributed by atoms with Crippen molar-refractivity contribution in [2.45, 2.75) is 19.3 Å². The molecule has 5 aromatic rings. The Hall–Kier alpha value is -3.78. The fraction of sp³-hybridized carbons (Fsp3) is 0.217. The fourth-order valence-electron chi connectivity index (χ4n) is 4.20. The lowest BCUT2D eigenvalue weighted by Crippen LogP contribution is -2.39. The van der Waals surface area contributed by atoms with E-state index in [0.717, 1.165) is 42.2 Å². The van der Waals surface area contributed by atoms with Crippen LogP contribution in [0, 0.1) is 6.92 Å². The number of hydrogen-bond acceptors (Lipinski definition) is 6. The summed E-state index contributed by atoms with van der Waals surface area (Å²) < 4.78 is 3.69. The van der Waals surface area contributed by atoms with Crippen molar-refractivity contribution in [1.82, 2.24) is 34.5 Å². The van der Waals surface area contributed by atoms with E-state index >= 15 is 0 Å². The van der Waals surface area contributed by atoms with Gasteiger partial charge in [-0.1, -0.05) is 6.07 Å². The molecule has 0 bridgehead atoms. The van der Waals surface area contributed by atoms with Gasteiger partial charge in [-0.05, 0) is 65.9 Å². The Kier molecular flexibility index (Phi) is 4.17. The van der Waals surface area contributed by atoms with Gasteiger partial charge in [0.05, 0.1) is 0 Å². The summed E-state index contributed by atoms with van der Waals surface area (Å²) in [6, 6.07) is 12.8. The van der Waals surface area contributed by atoms with Crippen molar-refractivity contribution in [3.8, 4) is 0 Å². The summed E-state index contributed by atoms with van der Waals surface area (Å²) in [5.74, 6) is 1.36. The lowest BCUT2D eigenvalue weighted by atomic mass is 9.95. The van der Waals surface area contributed by atoms with Crippen LogP contribution in [0.2, 0.25) is 0 Å². The molecule has 2 N–H and O–H groups in total. The Labute approximate surface area is 179 Å². The lowest BCUT2D eigenvalue weighted by molar-refractivity contribution is 0.451. The highest BCUT2D eigenvalue weighted by atomic mass is 15.3. The molecule has 1 aliphatic rings. The molecule has 5 heterocycles. The maximum absolute atomic E-state index is 4.54. The van der Waals surface area contributed by atoms with Gasteiger partial charge in [0.2, 0.25) is 0 Å². The van der Waals surface area contributed by atoms with E-state index < -0.39 is 0 Å². The quantitative estimate of drug-likeness (QED) is 0.463. The average molecular weight is 410 g/mol. The Balaban J connectivity index is 1.28. The minimum Gasteiger partial charge on any atom is -0.338 e. The number of hydrogen-bond donors (Lipinski definition) is 2. The minimum absolute atomic E-state index is 0.517. The largest absolute Gasteiger partial charge is 0.338 e. The van der Waals surface area contributed by atoms with Gasteiger partial charge in [0, 0.05) is 37.1 Å². The van der Waals surface area contributed by atoms with E-state index in [1.54, 1.807) is 17.2 Å². The number of aryl methyl sites for hydroxylation is 1. The third kappa shape index (κ3) is 3.21. The molecular weight excluding hydrogens is 388 g/mol. The molecule has 0 radical (unpaired) electrons. The fourth-order valence-corrected chi connectivity index (χ4v) is 4.20. The first-order chi connectivity index (χ1) is 15.2. The summed E-state index contributed by atoms with van der Waals surface area (Å²) in [5.41, 5.74) is 7.96. The zero-order valence-electron chi connectivity index (χ0n) is 17.2. The van der Waals surface area contributed by atoms with Crippen LogP contribution in [-0.2, 0) is 6.42 Å². The number of benzene rings is 1. The normalized spacial score (nSPS) is 14.2. The molecule has 8 nitrogen and oxygen atoms in total. The first kappa shape index (κ1) is 18.0. The topological polar surface area (TPSA) is 84.4 Å². The summed E-state index contributed by atoms with van der Waals surface area (Å²) in [7, 11) is 0. The van der Waals surface area contributed by atoms with E-state index in [4.69, 9.17) is 0 Å². The summed E-state index contributed by atoms with van der Waals surface area (Å²) in [6.45, 7) is 4.15. The van der Waals surface area contributed by atoms with Crippen LogP contribution in [0.15, 0.2) is 61.4 Å². The first-order valence-electron chi connectivity index (χ1n) is 10.4. The van der Waals surface area contributed by atoms with Crippen LogP contribution in [0.3, 0.4) is 0 Å². The zero-order valence-corrected chi connectivity index (χ0v) is 17.2. The third-order valence-corrected chi connectivity index (χ3v) is 6.05. The van der Waals surface area contributed by atoms with Gasteiger partial charge < -0.3 is 10.6 Å². The number of rotatable bonds is 5. The van der Waals surface area contributed by atoms with Crippen molar-refractivity contribution in [3.05, 3.63) is 83.7 Å². The van der Waals surface area contributed by atoms with Crippen LogP contribution >= 0.6 is 0 Å². The highest BCUT2D eigenvalue weighted by Crippen LogP contribution is 2.30. The number of nitrogens with zero attached hydrogens (tertiary/aromatic N) is 6. The average Bonchev–Trinajstić information content (AvgIpc) is 3.36. The van der Waals surface area contributed by atoms with Gasteiger partial charge in [-0.25, -0.2) is 19.0 Å². The van der Waals surface area contributed by atoms with E-state index in [0.29, 0.717) is 5.92 Å². The van der Waals surface area contributed by atoms with Crippen molar-refractivity contribution in [2.24, 2.45) is 0 Å². The number of fused-ring (bicyclic) bond motifs is 2. The molecular formula is C23H22N8. The molecule has 4 aromatic heterocycles. The van der Waals surface area contributed by atoms with Crippen LogP contribution in [-0.4, -0.2) is 42.3 Å².